The first-order chi connectivity index (χ1) is 7.50. The van der Waals surface area contributed by atoms with Gasteiger partial charge in [-0.15, -0.1) is 0 Å². The van der Waals surface area contributed by atoms with Crippen molar-refractivity contribution in [2.45, 2.75) is 58.2 Å². The Morgan fingerprint density at radius 3 is 2.44 bits per heavy atom. The summed E-state index contributed by atoms with van der Waals surface area (Å²) in [5.74, 6) is 1.12. The molecule has 0 spiro atoms. The van der Waals surface area contributed by atoms with Crippen LogP contribution >= 0.6 is 0 Å². The molecule has 3 heteroatoms. The van der Waals surface area contributed by atoms with Crippen LogP contribution < -0.4 is 5.32 Å². The molecule has 2 aliphatic rings. The summed E-state index contributed by atoms with van der Waals surface area (Å²) < 4.78 is 0. The van der Waals surface area contributed by atoms with Gasteiger partial charge in [0.1, 0.15) is 0 Å². The first-order valence-corrected chi connectivity index (χ1v) is 6.53. The summed E-state index contributed by atoms with van der Waals surface area (Å²) in [6.45, 7) is 6.49. The number of rotatable bonds is 3. The molecule has 2 saturated heterocycles. The van der Waals surface area contributed by atoms with Crippen LogP contribution in [0.15, 0.2) is 0 Å². The normalized spacial score (nSPS) is 34.4. The number of hydrogen-bond donors (Lipinski definition) is 1. The monoisotopic (exact) mass is 224 g/mol. The Kier molecular flexibility index (Phi) is 3.24. The van der Waals surface area contributed by atoms with E-state index in [-0.39, 0.29) is 5.92 Å². The van der Waals surface area contributed by atoms with Crippen molar-refractivity contribution in [2.75, 3.05) is 7.05 Å². The zero-order valence-corrected chi connectivity index (χ0v) is 10.9. The average Bonchev–Trinajstić information content (AvgIpc) is 2.87. The lowest BCUT2D eigenvalue weighted by molar-refractivity contribution is -0.137. The van der Waals surface area contributed by atoms with Crippen LogP contribution in [0.2, 0.25) is 0 Å². The van der Waals surface area contributed by atoms with Gasteiger partial charge in [0.25, 0.3) is 0 Å². The molecule has 4 unspecified atom stereocenters. The lowest BCUT2D eigenvalue weighted by Crippen LogP contribution is -2.44. The van der Waals surface area contributed by atoms with Crippen molar-refractivity contribution >= 4 is 5.91 Å². The molecule has 2 fully saturated rings. The number of carbonyl (C=O) groups excluding carboxylic acids is 1. The Labute approximate surface area is 98.6 Å². The molecular weight excluding hydrogens is 200 g/mol. The van der Waals surface area contributed by atoms with Crippen molar-refractivity contribution in [2.24, 2.45) is 11.8 Å². The molecule has 1 N–H and O–H groups in total. The summed E-state index contributed by atoms with van der Waals surface area (Å²) >= 11 is 0. The lowest BCUT2D eigenvalue weighted by atomic mass is 9.87. The third kappa shape index (κ3) is 1.97. The molecule has 92 valence electrons. The van der Waals surface area contributed by atoms with Crippen molar-refractivity contribution in [3.63, 3.8) is 0 Å². The van der Waals surface area contributed by atoms with Crippen LogP contribution in [0, 0.1) is 11.8 Å². The van der Waals surface area contributed by atoms with Gasteiger partial charge in [-0.05, 0) is 32.1 Å². The summed E-state index contributed by atoms with van der Waals surface area (Å²) in [5.41, 5.74) is 0. The molecule has 2 aliphatic heterocycles. The van der Waals surface area contributed by atoms with E-state index >= 15 is 0 Å². The Morgan fingerprint density at radius 1 is 1.31 bits per heavy atom. The lowest BCUT2D eigenvalue weighted by Gasteiger charge is -2.32. The third-order valence-electron chi connectivity index (χ3n) is 4.54. The third-order valence-corrected chi connectivity index (χ3v) is 4.54. The van der Waals surface area contributed by atoms with Gasteiger partial charge in [0.15, 0.2) is 0 Å². The maximum atomic E-state index is 12.4. The fourth-order valence-electron chi connectivity index (χ4n) is 3.01. The van der Waals surface area contributed by atoms with Crippen molar-refractivity contribution in [1.29, 1.82) is 0 Å². The first kappa shape index (κ1) is 11.9. The van der Waals surface area contributed by atoms with Crippen molar-refractivity contribution in [3.8, 4) is 0 Å². The van der Waals surface area contributed by atoms with Gasteiger partial charge in [0.05, 0.1) is 5.92 Å². The molecule has 0 saturated carbocycles. The second kappa shape index (κ2) is 4.36. The van der Waals surface area contributed by atoms with Crippen LogP contribution in [0.4, 0.5) is 0 Å². The zero-order valence-electron chi connectivity index (χ0n) is 10.9. The van der Waals surface area contributed by atoms with Crippen molar-refractivity contribution < 1.29 is 4.79 Å². The Morgan fingerprint density at radius 2 is 2.00 bits per heavy atom. The van der Waals surface area contributed by atoms with Gasteiger partial charge >= 0.3 is 0 Å². The highest BCUT2D eigenvalue weighted by atomic mass is 16.2. The van der Waals surface area contributed by atoms with Crippen molar-refractivity contribution in [3.05, 3.63) is 0 Å². The first-order valence-electron chi connectivity index (χ1n) is 6.53. The van der Waals surface area contributed by atoms with Gasteiger partial charge in [-0.1, -0.05) is 13.8 Å². The van der Waals surface area contributed by atoms with Gasteiger partial charge in [-0.3, -0.25) is 4.79 Å². The highest BCUT2D eigenvalue weighted by Gasteiger charge is 2.44. The molecule has 0 aliphatic carbocycles. The summed E-state index contributed by atoms with van der Waals surface area (Å²) in [4.78, 5) is 14.3. The van der Waals surface area contributed by atoms with E-state index in [1.165, 1.54) is 12.8 Å². The maximum absolute atomic E-state index is 12.4. The van der Waals surface area contributed by atoms with E-state index in [4.69, 9.17) is 0 Å². The minimum atomic E-state index is 0.241. The van der Waals surface area contributed by atoms with Gasteiger partial charge in [0, 0.05) is 25.2 Å². The topological polar surface area (TPSA) is 32.3 Å². The fraction of sp³-hybridized carbons (Fsp3) is 0.923. The molecule has 16 heavy (non-hydrogen) atoms. The predicted octanol–water partition coefficient (Wildman–Crippen LogP) is 1.63. The van der Waals surface area contributed by atoms with E-state index in [0.29, 0.717) is 30.0 Å². The summed E-state index contributed by atoms with van der Waals surface area (Å²) in [5, 5.41) is 3.53. The van der Waals surface area contributed by atoms with Crippen LogP contribution in [0.1, 0.15) is 40.0 Å². The quantitative estimate of drug-likeness (QED) is 0.790. The highest BCUT2D eigenvalue weighted by molar-refractivity contribution is 5.80. The van der Waals surface area contributed by atoms with Gasteiger partial charge in [-0.2, -0.15) is 0 Å². The van der Waals surface area contributed by atoms with E-state index < -0.39 is 0 Å². The Balaban J connectivity index is 1.97. The zero-order chi connectivity index (χ0) is 11.9. The molecule has 2 rings (SSSR count). The van der Waals surface area contributed by atoms with Crippen LogP contribution in [0.5, 0.6) is 0 Å². The number of carbonyl (C=O) groups is 1. The van der Waals surface area contributed by atoms with E-state index in [9.17, 15) is 4.79 Å². The van der Waals surface area contributed by atoms with E-state index in [2.05, 4.69) is 26.1 Å². The second-order valence-electron chi connectivity index (χ2n) is 5.82. The second-order valence-corrected chi connectivity index (χ2v) is 5.82. The van der Waals surface area contributed by atoms with Crippen LogP contribution in [-0.4, -0.2) is 36.0 Å². The highest BCUT2D eigenvalue weighted by Crippen LogP contribution is 2.34. The number of nitrogens with zero attached hydrogens (tertiary/aromatic N) is 1. The Hall–Kier alpha value is -0.570. The van der Waals surface area contributed by atoms with Gasteiger partial charge in [0.2, 0.25) is 5.91 Å². The number of hydrogen-bond acceptors (Lipinski definition) is 2. The minimum Gasteiger partial charge on any atom is -0.343 e. The molecule has 0 aromatic heterocycles. The van der Waals surface area contributed by atoms with E-state index in [1.807, 2.05) is 11.9 Å². The fourth-order valence-corrected chi connectivity index (χ4v) is 3.01. The SMILES string of the molecule is CC(C)C(C)N(C)C(=O)C1CC2CCC1N2. The molecule has 4 atom stereocenters. The number of amides is 1. The number of fused-ring (bicyclic) bond motifs is 2. The minimum absolute atomic E-state index is 0.241. The van der Waals surface area contributed by atoms with Gasteiger partial charge < -0.3 is 10.2 Å². The standard InChI is InChI=1S/C13H24N2O/c1-8(2)9(3)15(4)13(16)11-7-10-5-6-12(11)14-10/h8-12,14H,5-7H2,1-4H3. The van der Waals surface area contributed by atoms with Crippen molar-refractivity contribution in [1.82, 2.24) is 10.2 Å². The van der Waals surface area contributed by atoms with E-state index in [1.54, 1.807) is 0 Å². The van der Waals surface area contributed by atoms with Crippen LogP contribution in [0.25, 0.3) is 0 Å². The predicted molar refractivity (Wildman–Crippen MR) is 65.1 cm³/mol. The molecule has 0 radical (unpaired) electrons. The maximum Gasteiger partial charge on any atom is 0.227 e. The van der Waals surface area contributed by atoms with E-state index in [0.717, 1.165) is 6.42 Å². The molecule has 1 amide bonds. The largest absolute Gasteiger partial charge is 0.343 e. The molecule has 0 aromatic rings. The van der Waals surface area contributed by atoms with Crippen LogP contribution in [0.3, 0.4) is 0 Å². The summed E-state index contributed by atoms with van der Waals surface area (Å²) in [6, 6.07) is 1.41. The molecular formula is C13H24N2O. The summed E-state index contributed by atoms with van der Waals surface area (Å²) in [6.07, 6.45) is 3.50. The molecule has 0 aromatic carbocycles. The van der Waals surface area contributed by atoms with Crippen LogP contribution in [-0.2, 0) is 4.79 Å². The summed E-state index contributed by atoms with van der Waals surface area (Å²) in [7, 11) is 1.96. The Bertz CT molecular complexity index is 277. The molecule has 2 heterocycles. The van der Waals surface area contributed by atoms with Gasteiger partial charge in [-0.25, -0.2) is 0 Å². The molecule has 2 bridgehead atoms. The average molecular weight is 224 g/mol. The molecule has 3 nitrogen and oxygen atoms in total. The smallest absolute Gasteiger partial charge is 0.227 e. The number of nitrogens with one attached hydrogen (secondary N) is 1.